The van der Waals surface area contributed by atoms with Crippen molar-refractivity contribution in [1.82, 2.24) is 4.90 Å². The fourth-order valence-electron chi connectivity index (χ4n) is 2.42. The standard InChI is InChI=1S/C14H20F3N3O.C3H8/c1-18-12-9-11(3-4-13(12)21-14(15,16)17)19-10-5-7-20(2)8-6-10;1-3-2/h3-4,9-10,18-19H,5-8H2,1-2H3;3H2,1-2H3. The molecular formula is C17H28F3N3O. The number of anilines is 2. The minimum atomic E-state index is -4.69. The molecule has 0 amide bonds. The minimum Gasteiger partial charge on any atom is -0.404 e. The molecule has 24 heavy (non-hydrogen) atoms. The Labute approximate surface area is 142 Å². The molecule has 1 aliphatic rings. The Hall–Kier alpha value is -1.63. The molecule has 2 N–H and O–H groups in total. The van der Waals surface area contributed by atoms with Crippen LogP contribution in [0.25, 0.3) is 0 Å². The highest BCUT2D eigenvalue weighted by molar-refractivity contribution is 5.65. The molecule has 1 heterocycles. The predicted molar refractivity (Wildman–Crippen MR) is 92.8 cm³/mol. The van der Waals surface area contributed by atoms with E-state index in [1.807, 2.05) is 0 Å². The van der Waals surface area contributed by atoms with Crippen molar-refractivity contribution in [3.63, 3.8) is 0 Å². The van der Waals surface area contributed by atoms with Crippen LogP contribution in [0.4, 0.5) is 24.5 Å². The topological polar surface area (TPSA) is 36.5 Å². The van der Waals surface area contributed by atoms with E-state index < -0.39 is 6.36 Å². The Morgan fingerprint density at radius 3 is 2.29 bits per heavy atom. The molecule has 2 rings (SSSR count). The van der Waals surface area contributed by atoms with Crippen molar-refractivity contribution < 1.29 is 17.9 Å². The summed E-state index contributed by atoms with van der Waals surface area (Å²) in [5, 5.41) is 6.09. The van der Waals surface area contributed by atoms with Crippen LogP contribution < -0.4 is 15.4 Å². The first-order chi connectivity index (χ1) is 11.3. The van der Waals surface area contributed by atoms with E-state index in [1.54, 1.807) is 19.2 Å². The Kier molecular flexibility index (Phi) is 8.18. The summed E-state index contributed by atoms with van der Waals surface area (Å²) in [6.45, 7) is 6.29. The molecule has 0 aliphatic carbocycles. The lowest BCUT2D eigenvalue weighted by Gasteiger charge is -2.30. The Morgan fingerprint density at radius 2 is 1.79 bits per heavy atom. The van der Waals surface area contributed by atoms with Crippen molar-refractivity contribution in [3.05, 3.63) is 18.2 Å². The lowest BCUT2D eigenvalue weighted by Crippen LogP contribution is -2.36. The summed E-state index contributed by atoms with van der Waals surface area (Å²) < 4.78 is 40.9. The number of halogens is 3. The number of alkyl halides is 3. The highest BCUT2D eigenvalue weighted by atomic mass is 19.4. The molecular weight excluding hydrogens is 319 g/mol. The monoisotopic (exact) mass is 347 g/mol. The molecule has 0 saturated carbocycles. The maximum Gasteiger partial charge on any atom is 0.573 e. The summed E-state index contributed by atoms with van der Waals surface area (Å²) in [5.41, 5.74) is 1.11. The average molecular weight is 347 g/mol. The highest BCUT2D eigenvalue weighted by Gasteiger charge is 2.32. The number of benzene rings is 1. The number of ether oxygens (including phenoxy) is 1. The fraction of sp³-hybridized carbons (Fsp3) is 0.647. The maximum absolute atomic E-state index is 12.3. The van der Waals surface area contributed by atoms with Crippen molar-refractivity contribution in [2.75, 3.05) is 37.8 Å². The number of nitrogens with one attached hydrogen (secondary N) is 2. The van der Waals surface area contributed by atoms with Gasteiger partial charge in [0.2, 0.25) is 0 Å². The average Bonchev–Trinajstić information content (AvgIpc) is 2.50. The fourth-order valence-corrected chi connectivity index (χ4v) is 2.42. The van der Waals surface area contributed by atoms with E-state index >= 15 is 0 Å². The van der Waals surface area contributed by atoms with Crippen molar-refractivity contribution in [1.29, 1.82) is 0 Å². The second-order valence-corrected chi connectivity index (χ2v) is 5.94. The molecule has 7 heteroatoms. The molecule has 1 aliphatic heterocycles. The van der Waals surface area contributed by atoms with E-state index in [1.165, 1.54) is 12.5 Å². The van der Waals surface area contributed by atoms with Crippen LogP contribution in [0, 0.1) is 0 Å². The van der Waals surface area contributed by atoms with Gasteiger partial charge in [-0.15, -0.1) is 13.2 Å². The zero-order valence-electron chi connectivity index (χ0n) is 14.8. The quantitative estimate of drug-likeness (QED) is 0.838. The molecule has 0 atom stereocenters. The molecule has 1 fully saturated rings. The molecule has 0 bridgehead atoms. The third-order valence-electron chi connectivity index (χ3n) is 3.56. The number of hydrogen-bond donors (Lipinski definition) is 2. The van der Waals surface area contributed by atoms with Gasteiger partial charge in [0.1, 0.15) is 0 Å². The van der Waals surface area contributed by atoms with Gasteiger partial charge in [-0.1, -0.05) is 20.3 Å². The Balaban J connectivity index is 0.000000891. The normalized spacial score (nSPS) is 16.1. The molecule has 1 aromatic carbocycles. The first-order valence-electron chi connectivity index (χ1n) is 8.31. The minimum absolute atomic E-state index is 0.223. The van der Waals surface area contributed by atoms with Gasteiger partial charge in [0.15, 0.2) is 5.75 Å². The van der Waals surface area contributed by atoms with Crippen LogP contribution in [-0.4, -0.2) is 44.5 Å². The summed E-state index contributed by atoms with van der Waals surface area (Å²) in [4.78, 5) is 2.26. The van der Waals surface area contributed by atoms with E-state index in [4.69, 9.17) is 0 Å². The van der Waals surface area contributed by atoms with Crippen molar-refractivity contribution >= 4 is 11.4 Å². The van der Waals surface area contributed by atoms with Gasteiger partial charge in [0.25, 0.3) is 0 Å². The van der Waals surface area contributed by atoms with E-state index in [0.29, 0.717) is 11.7 Å². The largest absolute Gasteiger partial charge is 0.573 e. The maximum atomic E-state index is 12.3. The molecule has 0 aromatic heterocycles. The molecule has 1 saturated heterocycles. The highest BCUT2D eigenvalue weighted by Crippen LogP contribution is 2.32. The van der Waals surface area contributed by atoms with E-state index in [0.717, 1.165) is 31.6 Å². The van der Waals surface area contributed by atoms with Crippen LogP contribution in [0.5, 0.6) is 5.75 Å². The molecule has 0 unspecified atom stereocenters. The van der Waals surface area contributed by atoms with Crippen LogP contribution in [0.3, 0.4) is 0 Å². The number of nitrogens with zero attached hydrogens (tertiary/aromatic N) is 1. The van der Waals surface area contributed by atoms with Gasteiger partial charge >= 0.3 is 6.36 Å². The number of rotatable bonds is 4. The van der Waals surface area contributed by atoms with Crippen molar-refractivity contribution in [2.45, 2.75) is 45.5 Å². The van der Waals surface area contributed by atoms with Gasteiger partial charge in [-0.05, 0) is 51.2 Å². The first-order valence-corrected chi connectivity index (χ1v) is 8.31. The van der Waals surface area contributed by atoms with Gasteiger partial charge in [-0.25, -0.2) is 0 Å². The van der Waals surface area contributed by atoms with Gasteiger partial charge in [0, 0.05) is 18.8 Å². The smallest absolute Gasteiger partial charge is 0.404 e. The van der Waals surface area contributed by atoms with Crippen LogP contribution in [0.1, 0.15) is 33.1 Å². The molecule has 0 spiro atoms. The van der Waals surface area contributed by atoms with Crippen LogP contribution in [0.2, 0.25) is 0 Å². The van der Waals surface area contributed by atoms with Gasteiger partial charge in [-0.2, -0.15) is 0 Å². The number of likely N-dealkylation sites (tertiary alicyclic amines) is 1. The molecule has 138 valence electrons. The van der Waals surface area contributed by atoms with Crippen LogP contribution in [-0.2, 0) is 0 Å². The molecule has 0 radical (unpaired) electrons. The number of piperidine rings is 1. The SMILES string of the molecule is CCC.CNc1cc(NC2CCN(C)CC2)ccc1OC(F)(F)F. The van der Waals surface area contributed by atoms with E-state index in [2.05, 4.69) is 41.2 Å². The third-order valence-corrected chi connectivity index (χ3v) is 3.56. The summed E-state index contributed by atoms with van der Waals surface area (Å²) in [6.07, 6.45) is -1.40. The van der Waals surface area contributed by atoms with Crippen molar-refractivity contribution in [3.8, 4) is 5.75 Å². The van der Waals surface area contributed by atoms with Gasteiger partial charge < -0.3 is 20.3 Å². The Morgan fingerprint density at radius 1 is 1.21 bits per heavy atom. The molecule has 1 aromatic rings. The summed E-state index contributed by atoms with van der Waals surface area (Å²) >= 11 is 0. The second kappa shape index (κ2) is 9.61. The summed E-state index contributed by atoms with van der Waals surface area (Å²) in [6, 6.07) is 4.93. The van der Waals surface area contributed by atoms with Crippen LogP contribution in [0.15, 0.2) is 18.2 Å². The van der Waals surface area contributed by atoms with E-state index in [-0.39, 0.29) is 5.75 Å². The third kappa shape index (κ3) is 7.29. The lowest BCUT2D eigenvalue weighted by molar-refractivity contribution is -0.274. The Bertz CT molecular complexity index is 486. The zero-order valence-corrected chi connectivity index (χ0v) is 14.8. The van der Waals surface area contributed by atoms with Gasteiger partial charge in [0.05, 0.1) is 5.69 Å². The first kappa shape index (κ1) is 20.4. The lowest BCUT2D eigenvalue weighted by atomic mass is 10.1. The molecule has 4 nitrogen and oxygen atoms in total. The van der Waals surface area contributed by atoms with Gasteiger partial charge in [-0.3, -0.25) is 0 Å². The zero-order chi connectivity index (χ0) is 18.2. The van der Waals surface area contributed by atoms with Crippen molar-refractivity contribution in [2.24, 2.45) is 0 Å². The van der Waals surface area contributed by atoms with Crippen LogP contribution >= 0.6 is 0 Å². The van der Waals surface area contributed by atoms with E-state index in [9.17, 15) is 13.2 Å². The summed E-state index contributed by atoms with van der Waals surface area (Å²) in [5.74, 6) is -0.223. The number of hydrogen-bond acceptors (Lipinski definition) is 4. The second-order valence-electron chi connectivity index (χ2n) is 5.94. The summed E-state index contributed by atoms with van der Waals surface area (Å²) in [7, 11) is 3.65. The predicted octanol–water partition coefficient (Wildman–Crippen LogP) is 4.55.